The third-order valence-electron chi connectivity index (χ3n) is 4.63. The topological polar surface area (TPSA) is 73.7 Å². The molecule has 0 aliphatic rings. The summed E-state index contributed by atoms with van der Waals surface area (Å²) in [7, 11) is 4.73. The van der Waals surface area contributed by atoms with Crippen molar-refractivity contribution in [2.24, 2.45) is 0 Å². The fourth-order valence-electron chi connectivity index (χ4n) is 3.15. The lowest BCUT2D eigenvalue weighted by Gasteiger charge is -2.18. The van der Waals surface area contributed by atoms with Crippen LogP contribution in [0.1, 0.15) is 23.0 Å². The first-order valence-corrected chi connectivity index (χ1v) is 9.44. The minimum absolute atomic E-state index is 0.135. The highest BCUT2D eigenvalue weighted by Gasteiger charge is 2.21. The van der Waals surface area contributed by atoms with Crippen LogP contribution >= 0.6 is 11.6 Å². The number of amides is 1. The number of ether oxygens (including phenoxy) is 2. The maximum Gasteiger partial charge on any atom is 0.278 e. The molecule has 8 heteroatoms. The van der Waals surface area contributed by atoms with Gasteiger partial charge in [-0.05, 0) is 42.8 Å². The Bertz CT molecular complexity index is 1130. The van der Waals surface area contributed by atoms with Crippen LogP contribution in [0.3, 0.4) is 0 Å². The van der Waals surface area contributed by atoms with Gasteiger partial charge in [-0.3, -0.25) is 14.3 Å². The summed E-state index contributed by atoms with van der Waals surface area (Å²) in [4.78, 5) is 27.4. The first kappa shape index (κ1) is 20.7. The highest BCUT2D eigenvalue weighted by atomic mass is 35.5. The van der Waals surface area contributed by atoms with Gasteiger partial charge in [-0.1, -0.05) is 17.7 Å². The molecule has 0 bridgehead atoms. The molecule has 0 radical (unpaired) electrons. The maximum atomic E-state index is 13.0. The second-order valence-corrected chi connectivity index (χ2v) is 6.94. The summed E-state index contributed by atoms with van der Waals surface area (Å²) in [6, 6.07) is 10.4. The maximum absolute atomic E-state index is 13.0. The molecule has 3 rings (SSSR count). The van der Waals surface area contributed by atoms with Gasteiger partial charge in [0.25, 0.3) is 5.91 Å². The van der Waals surface area contributed by atoms with Gasteiger partial charge < -0.3 is 14.4 Å². The summed E-state index contributed by atoms with van der Waals surface area (Å²) in [5.41, 5.74) is 0.903. The van der Waals surface area contributed by atoms with Gasteiger partial charge in [0.05, 0.1) is 25.1 Å². The summed E-state index contributed by atoms with van der Waals surface area (Å²) in [5, 5.41) is 5.10. The van der Waals surface area contributed by atoms with Crippen molar-refractivity contribution in [1.82, 2.24) is 14.7 Å². The van der Waals surface area contributed by atoms with Crippen molar-refractivity contribution < 1.29 is 14.3 Å². The monoisotopic (exact) mass is 415 g/mol. The minimum Gasteiger partial charge on any atom is -0.493 e. The highest BCUT2D eigenvalue weighted by molar-refractivity contribution is 6.31. The van der Waals surface area contributed by atoms with E-state index >= 15 is 0 Å². The number of hydrogen-bond acceptors (Lipinski definition) is 5. The average molecular weight is 416 g/mol. The predicted octanol–water partition coefficient (Wildman–Crippen LogP) is 3.36. The van der Waals surface area contributed by atoms with Crippen LogP contribution in [0.25, 0.3) is 10.9 Å². The number of benzene rings is 2. The summed E-state index contributed by atoms with van der Waals surface area (Å²) < 4.78 is 12.2. The van der Waals surface area contributed by atoms with Gasteiger partial charge in [-0.25, -0.2) is 0 Å². The third-order valence-corrected chi connectivity index (χ3v) is 4.87. The standard InChI is InChI=1S/C21H22ClN3O4/c1-5-25-16-8-7-14(22)11-15(16)20(26)19(23-25)21(27)24(2)12-13-6-9-17(28-3)18(10-13)29-4/h6-11H,5,12H2,1-4H3. The van der Waals surface area contributed by atoms with Crippen molar-refractivity contribution >= 4 is 28.4 Å². The minimum atomic E-state index is -0.464. The van der Waals surface area contributed by atoms with Crippen LogP contribution < -0.4 is 14.9 Å². The molecule has 0 aliphatic heterocycles. The summed E-state index contributed by atoms with van der Waals surface area (Å²) in [6.07, 6.45) is 0. The Morgan fingerprint density at radius 3 is 2.52 bits per heavy atom. The molecular formula is C21H22ClN3O4. The third kappa shape index (κ3) is 4.05. The van der Waals surface area contributed by atoms with Gasteiger partial charge in [-0.15, -0.1) is 0 Å². The van der Waals surface area contributed by atoms with Crippen molar-refractivity contribution in [2.75, 3.05) is 21.3 Å². The van der Waals surface area contributed by atoms with E-state index in [4.69, 9.17) is 21.1 Å². The second kappa shape index (κ2) is 8.53. The van der Waals surface area contributed by atoms with E-state index < -0.39 is 11.3 Å². The Labute approximate surface area is 173 Å². The molecule has 7 nitrogen and oxygen atoms in total. The number of carbonyl (C=O) groups excluding carboxylic acids is 1. The van der Waals surface area contributed by atoms with Crippen LogP contribution in [0.4, 0.5) is 0 Å². The summed E-state index contributed by atoms with van der Waals surface area (Å²) in [5.74, 6) is 0.704. The Morgan fingerprint density at radius 2 is 1.86 bits per heavy atom. The SMILES string of the molecule is CCn1nc(C(=O)N(C)Cc2ccc(OC)c(OC)c2)c(=O)c2cc(Cl)ccc21. The van der Waals surface area contributed by atoms with E-state index in [1.54, 1.807) is 56.3 Å². The number of halogens is 1. The predicted molar refractivity (Wildman–Crippen MR) is 112 cm³/mol. The molecule has 1 aromatic heterocycles. The van der Waals surface area contributed by atoms with Crippen LogP contribution in [0, 0.1) is 0 Å². The number of aryl methyl sites for hydroxylation is 1. The molecule has 0 atom stereocenters. The highest BCUT2D eigenvalue weighted by Crippen LogP contribution is 2.28. The Hall–Kier alpha value is -3.06. The molecule has 0 N–H and O–H groups in total. The fourth-order valence-corrected chi connectivity index (χ4v) is 3.32. The van der Waals surface area contributed by atoms with Gasteiger partial charge in [0.2, 0.25) is 5.43 Å². The molecule has 0 saturated heterocycles. The van der Waals surface area contributed by atoms with E-state index in [-0.39, 0.29) is 12.2 Å². The number of rotatable bonds is 6. The quantitative estimate of drug-likeness (QED) is 0.617. The Kier molecular flexibility index (Phi) is 6.08. The summed E-state index contributed by atoms with van der Waals surface area (Å²) in [6.45, 7) is 2.69. The molecule has 1 heterocycles. The largest absolute Gasteiger partial charge is 0.493 e. The molecule has 0 saturated carbocycles. The van der Waals surface area contributed by atoms with Crippen molar-refractivity contribution in [2.45, 2.75) is 20.0 Å². The number of aromatic nitrogens is 2. The van der Waals surface area contributed by atoms with E-state index in [0.29, 0.717) is 34.0 Å². The molecule has 2 aromatic carbocycles. The fraction of sp³-hybridized carbons (Fsp3) is 0.286. The number of hydrogen-bond donors (Lipinski definition) is 0. The number of nitrogens with zero attached hydrogens (tertiary/aromatic N) is 3. The Morgan fingerprint density at radius 1 is 1.14 bits per heavy atom. The normalized spacial score (nSPS) is 10.8. The van der Waals surface area contributed by atoms with Gasteiger partial charge in [0.1, 0.15) is 0 Å². The zero-order chi connectivity index (χ0) is 21.1. The lowest BCUT2D eigenvalue weighted by atomic mass is 10.1. The van der Waals surface area contributed by atoms with Crippen LogP contribution in [0.5, 0.6) is 11.5 Å². The van der Waals surface area contributed by atoms with E-state index in [0.717, 1.165) is 5.56 Å². The molecular weight excluding hydrogens is 394 g/mol. The number of fused-ring (bicyclic) bond motifs is 1. The molecule has 0 unspecified atom stereocenters. The van der Waals surface area contributed by atoms with Crippen molar-refractivity contribution in [3.8, 4) is 11.5 Å². The second-order valence-electron chi connectivity index (χ2n) is 6.51. The lowest BCUT2D eigenvalue weighted by Crippen LogP contribution is -2.33. The van der Waals surface area contributed by atoms with Crippen molar-refractivity contribution in [1.29, 1.82) is 0 Å². The first-order valence-electron chi connectivity index (χ1n) is 9.06. The average Bonchev–Trinajstić information content (AvgIpc) is 2.73. The van der Waals surface area contributed by atoms with E-state index in [1.807, 2.05) is 13.0 Å². The van der Waals surface area contributed by atoms with Gasteiger partial charge in [0.15, 0.2) is 17.2 Å². The van der Waals surface area contributed by atoms with Crippen LogP contribution in [-0.4, -0.2) is 41.9 Å². The van der Waals surface area contributed by atoms with Gasteiger partial charge in [0, 0.05) is 25.2 Å². The summed E-state index contributed by atoms with van der Waals surface area (Å²) >= 11 is 6.06. The van der Waals surface area contributed by atoms with Crippen molar-refractivity contribution in [3.05, 3.63) is 62.9 Å². The molecule has 29 heavy (non-hydrogen) atoms. The van der Waals surface area contributed by atoms with Gasteiger partial charge in [-0.2, -0.15) is 5.10 Å². The molecule has 0 spiro atoms. The smallest absolute Gasteiger partial charge is 0.278 e. The number of methoxy groups -OCH3 is 2. The van der Waals surface area contributed by atoms with Crippen LogP contribution in [0.15, 0.2) is 41.2 Å². The zero-order valence-electron chi connectivity index (χ0n) is 16.7. The van der Waals surface area contributed by atoms with Crippen LogP contribution in [0.2, 0.25) is 5.02 Å². The lowest BCUT2D eigenvalue weighted by molar-refractivity contribution is 0.0775. The zero-order valence-corrected chi connectivity index (χ0v) is 17.5. The van der Waals surface area contributed by atoms with Crippen molar-refractivity contribution in [3.63, 3.8) is 0 Å². The number of carbonyl (C=O) groups is 1. The van der Waals surface area contributed by atoms with E-state index in [1.165, 1.54) is 4.90 Å². The molecule has 152 valence electrons. The van der Waals surface area contributed by atoms with E-state index in [2.05, 4.69) is 5.10 Å². The Balaban J connectivity index is 1.96. The van der Waals surface area contributed by atoms with E-state index in [9.17, 15) is 9.59 Å². The molecule has 0 fully saturated rings. The molecule has 0 aliphatic carbocycles. The molecule has 3 aromatic rings. The molecule has 1 amide bonds. The van der Waals surface area contributed by atoms with Gasteiger partial charge >= 0.3 is 0 Å². The van der Waals surface area contributed by atoms with Crippen LogP contribution in [-0.2, 0) is 13.1 Å². The first-order chi connectivity index (χ1) is 13.9.